The van der Waals surface area contributed by atoms with Gasteiger partial charge in [0.25, 0.3) is 0 Å². The highest BCUT2D eigenvalue weighted by Gasteiger charge is 2.08. The van der Waals surface area contributed by atoms with Gasteiger partial charge in [-0.3, -0.25) is 9.89 Å². The SMILES string of the molecule is C=N/C=C\SCCN(Cc1ccc(OC)cc1)Cc1ccc(OC)cc1. The van der Waals surface area contributed by atoms with Gasteiger partial charge in [-0.2, -0.15) is 0 Å². The lowest BCUT2D eigenvalue weighted by Gasteiger charge is -2.22. The second-order valence-electron chi connectivity index (χ2n) is 5.75. The first kappa shape index (κ1) is 20.1. The minimum Gasteiger partial charge on any atom is -0.497 e. The van der Waals surface area contributed by atoms with Gasteiger partial charge in [0.15, 0.2) is 0 Å². The quantitative estimate of drug-likeness (QED) is 0.427. The molecule has 0 bridgehead atoms. The number of ether oxygens (including phenoxy) is 2. The molecule has 0 unspecified atom stereocenters. The third-order valence-corrected chi connectivity index (χ3v) is 4.65. The fourth-order valence-electron chi connectivity index (χ4n) is 2.53. The molecule has 0 saturated carbocycles. The molecule has 0 heterocycles. The van der Waals surface area contributed by atoms with Gasteiger partial charge >= 0.3 is 0 Å². The van der Waals surface area contributed by atoms with Crippen molar-refractivity contribution in [3.05, 3.63) is 71.3 Å². The van der Waals surface area contributed by atoms with Crippen molar-refractivity contribution in [2.24, 2.45) is 4.99 Å². The molecule has 0 radical (unpaired) electrons. The zero-order valence-corrected chi connectivity index (χ0v) is 16.2. The van der Waals surface area contributed by atoms with E-state index in [1.165, 1.54) is 11.1 Å². The Morgan fingerprint density at radius 1 is 0.923 bits per heavy atom. The molecular weight excluding hydrogens is 344 g/mol. The Kier molecular flexibility index (Phi) is 8.79. The number of nitrogens with zero attached hydrogens (tertiary/aromatic N) is 2. The Morgan fingerprint density at radius 2 is 1.42 bits per heavy atom. The van der Waals surface area contributed by atoms with Crippen molar-refractivity contribution in [1.82, 2.24) is 4.90 Å². The highest BCUT2D eigenvalue weighted by Crippen LogP contribution is 2.17. The van der Waals surface area contributed by atoms with Crippen LogP contribution in [0.4, 0.5) is 0 Å². The zero-order valence-electron chi connectivity index (χ0n) is 15.4. The van der Waals surface area contributed by atoms with Crippen LogP contribution in [-0.2, 0) is 13.1 Å². The van der Waals surface area contributed by atoms with Crippen LogP contribution in [-0.4, -0.2) is 38.1 Å². The van der Waals surface area contributed by atoms with Crippen LogP contribution in [0.2, 0.25) is 0 Å². The van der Waals surface area contributed by atoms with E-state index in [0.717, 1.165) is 36.9 Å². The maximum Gasteiger partial charge on any atom is 0.118 e. The summed E-state index contributed by atoms with van der Waals surface area (Å²) < 4.78 is 10.5. The Labute approximate surface area is 160 Å². The van der Waals surface area contributed by atoms with Gasteiger partial charge in [-0.05, 0) is 47.5 Å². The molecule has 0 atom stereocenters. The molecule has 0 aliphatic carbocycles. The number of methoxy groups -OCH3 is 2. The summed E-state index contributed by atoms with van der Waals surface area (Å²) in [5.74, 6) is 2.76. The van der Waals surface area contributed by atoms with Crippen molar-refractivity contribution < 1.29 is 9.47 Å². The third kappa shape index (κ3) is 6.94. The van der Waals surface area contributed by atoms with Gasteiger partial charge in [0.2, 0.25) is 0 Å². The van der Waals surface area contributed by atoms with E-state index in [-0.39, 0.29) is 0 Å². The molecule has 0 N–H and O–H groups in total. The second kappa shape index (κ2) is 11.4. The largest absolute Gasteiger partial charge is 0.497 e. The zero-order chi connectivity index (χ0) is 18.6. The predicted molar refractivity (Wildman–Crippen MR) is 111 cm³/mol. The van der Waals surface area contributed by atoms with Gasteiger partial charge in [-0.25, -0.2) is 0 Å². The molecule has 0 aromatic heterocycles. The van der Waals surface area contributed by atoms with Gasteiger partial charge in [0, 0.05) is 31.6 Å². The minimum absolute atomic E-state index is 0.882. The van der Waals surface area contributed by atoms with E-state index < -0.39 is 0 Å². The summed E-state index contributed by atoms with van der Waals surface area (Å²) in [7, 11) is 3.38. The maximum atomic E-state index is 5.24. The van der Waals surface area contributed by atoms with Crippen LogP contribution in [0.1, 0.15) is 11.1 Å². The van der Waals surface area contributed by atoms with Crippen LogP contribution >= 0.6 is 11.8 Å². The first-order chi connectivity index (χ1) is 12.7. The van der Waals surface area contributed by atoms with Crippen LogP contribution in [0.25, 0.3) is 0 Å². The van der Waals surface area contributed by atoms with Crippen molar-refractivity contribution in [2.45, 2.75) is 13.1 Å². The molecule has 0 saturated heterocycles. The molecule has 26 heavy (non-hydrogen) atoms. The molecule has 2 aromatic carbocycles. The fourth-order valence-corrected chi connectivity index (χ4v) is 3.20. The molecule has 0 aliphatic rings. The Hall–Kier alpha value is -2.24. The normalized spacial score (nSPS) is 11.0. The Balaban J connectivity index is 2.00. The van der Waals surface area contributed by atoms with Crippen LogP contribution < -0.4 is 9.47 Å². The molecule has 4 nitrogen and oxygen atoms in total. The smallest absolute Gasteiger partial charge is 0.118 e. The van der Waals surface area contributed by atoms with Crippen molar-refractivity contribution in [3.8, 4) is 11.5 Å². The molecule has 5 heteroatoms. The first-order valence-electron chi connectivity index (χ1n) is 8.46. The lowest BCUT2D eigenvalue weighted by Crippen LogP contribution is -2.25. The number of benzene rings is 2. The van der Waals surface area contributed by atoms with Crippen molar-refractivity contribution in [2.75, 3.05) is 26.5 Å². The molecule has 0 aliphatic heterocycles. The average molecular weight is 371 g/mol. The number of rotatable bonds is 11. The van der Waals surface area contributed by atoms with Gasteiger partial charge in [-0.15, -0.1) is 11.8 Å². The maximum absolute atomic E-state index is 5.24. The van der Waals surface area contributed by atoms with Gasteiger partial charge in [0.1, 0.15) is 11.5 Å². The number of hydrogen-bond donors (Lipinski definition) is 0. The molecule has 0 spiro atoms. The lowest BCUT2D eigenvalue weighted by atomic mass is 10.1. The summed E-state index contributed by atoms with van der Waals surface area (Å²) in [6.45, 7) is 6.21. The summed E-state index contributed by atoms with van der Waals surface area (Å²) in [5.41, 5.74) is 2.54. The predicted octanol–water partition coefficient (Wildman–Crippen LogP) is 4.61. The van der Waals surface area contributed by atoms with E-state index in [4.69, 9.17) is 9.47 Å². The van der Waals surface area contributed by atoms with E-state index in [9.17, 15) is 0 Å². The molecule has 0 amide bonds. The van der Waals surface area contributed by atoms with Crippen molar-refractivity contribution >= 4 is 18.5 Å². The summed E-state index contributed by atoms with van der Waals surface area (Å²) in [5, 5.41) is 1.98. The molecular formula is C21H26N2O2S. The summed E-state index contributed by atoms with van der Waals surface area (Å²) >= 11 is 1.74. The summed E-state index contributed by atoms with van der Waals surface area (Å²) in [4.78, 5) is 6.17. The van der Waals surface area contributed by atoms with Crippen LogP contribution in [0.5, 0.6) is 11.5 Å². The lowest BCUT2D eigenvalue weighted by molar-refractivity contribution is 0.273. The first-order valence-corrected chi connectivity index (χ1v) is 9.50. The van der Waals surface area contributed by atoms with E-state index in [0.29, 0.717) is 0 Å². The van der Waals surface area contributed by atoms with Crippen LogP contribution in [0, 0.1) is 0 Å². The van der Waals surface area contributed by atoms with Gasteiger partial charge < -0.3 is 9.47 Å². The highest BCUT2D eigenvalue weighted by atomic mass is 32.2. The standard InChI is InChI=1S/C21H26N2O2S/c1-22-12-14-26-15-13-23(16-18-4-8-20(24-2)9-5-18)17-19-6-10-21(25-3)11-7-19/h4-12,14H,1,13,15-17H2,2-3H3/b14-12-. The summed E-state index contributed by atoms with van der Waals surface area (Å²) in [6, 6.07) is 16.5. The van der Waals surface area contributed by atoms with E-state index in [2.05, 4.69) is 40.9 Å². The van der Waals surface area contributed by atoms with Crippen LogP contribution in [0.15, 0.2) is 65.1 Å². The molecule has 2 aromatic rings. The van der Waals surface area contributed by atoms with E-state index in [1.54, 1.807) is 32.2 Å². The Bertz CT molecular complexity index is 635. The topological polar surface area (TPSA) is 34.1 Å². The number of thioether (sulfide) groups is 1. The molecule has 138 valence electrons. The minimum atomic E-state index is 0.882. The number of hydrogen-bond acceptors (Lipinski definition) is 5. The van der Waals surface area contributed by atoms with Crippen molar-refractivity contribution in [3.63, 3.8) is 0 Å². The van der Waals surface area contributed by atoms with Crippen molar-refractivity contribution in [1.29, 1.82) is 0 Å². The third-order valence-electron chi connectivity index (χ3n) is 3.92. The van der Waals surface area contributed by atoms with Crippen LogP contribution in [0.3, 0.4) is 0 Å². The number of aliphatic imine (C=N–C) groups is 1. The van der Waals surface area contributed by atoms with E-state index in [1.807, 2.05) is 29.7 Å². The summed E-state index contributed by atoms with van der Waals surface area (Å²) in [6.07, 6.45) is 1.72. The fraction of sp³-hybridized carbons (Fsp3) is 0.286. The average Bonchev–Trinajstić information content (AvgIpc) is 2.69. The van der Waals surface area contributed by atoms with Gasteiger partial charge in [-0.1, -0.05) is 24.3 Å². The highest BCUT2D eigenvalue weighted by molar-refractivity contribution is 8.02. The molecule has 2 rings (SSSR count). The second-order valence-corrected chi connectivity index (χ2v) is 6.76. The van der Waals surface area contributed by atoms with Gasteiger partial charge in [0.05, 0.1) is 14.2 Å². The van der Waals surface area contributed by atoms with E-state index >= 15 is 0 Å². The Morgan fingerprint density at radius 3 is 1.85 bits per heavy atom. The monoisotopic (exact) mass is 370 g/mol. The molecule has 0 fully saturated rings.